The van der Waals surface area contributed by atoms with Crippen LogP contribution >= 0.6 is 0 Å². The molecule has 0 amide bonds. The number of amidine groups is 1. The van der Waals surface area contributed by atoms with Gasteiger partial charge in [-0.25, -0.2) is 4.99 Å². The third-order valence-corrected chi connectivity index (χ3v) is 11.6. The maximum Gasteiger partial charge on any atom is 0.134 e. The molecule has 11 rings (SSSR count). The average Bonchev–Trinajstić information content (AvgIpc) is 3.57. The van der Waals surface area contributed by atoms with Crippen molar-refractivity contribution in [1.82, 2.24) is 10.6 Å². The van der Waals surface area contributed by atoms with Gasteiger partial charge < -0.3 is 15.4 Å². The van der Waals surface area contributed by atoms with Crippen molar-refractivity contribution in [1.29, 1.82) is 0 Å². The molecule has 1 aliphatic carbocycles. The van der Waals surface area contributed by atoms with E-state index in [1.54, 1.807) is 0 Å². The SMILES string of the molecule is C1=CC2=C(NC1)C1(c3ccccc3Oc3ccccc31)c1cc(-c3cccc(-c4cccc(C5=CC(c6ccccc6)NC(c6ccccc6)=N5)c4)c3)ccc12. The van der Waals surface area contributed by atoms with Gasteiger partial charge in [-0.05, 0) is 75.4 Å². The highest BCUT2D eigenvalue weighted by Crippen LogP contribution is 2.61. The molecule has 0 saturated carbocycles. The molecule has 0 bridgehead atoms. The number of hydrogen-bond acceptors (Lipinski definition) is 4. The van der Waals surface area contributed by atoms with Crippen LogP contribution in [0.5, 0.6) is 11.5 Å². The van der Waals surface area contributed by atoms with E-state index in [2.05, 4.69) is 199 Å². The van der Waals surface area contributed by atoms with Gasteiger partial charge in [0, 0.05) is 40.1 Å². The topological polar surface area (TPSA) is 45.6 Å². The highest BCUT2D eigenvalue weighted by atomic mass is 16.5. The Balaban J connectivity index is 1.01. The number of fused-ring (bicyclic) bond motifs is 8. The summed E-state index contributed by atoms with van der Waals surface area (Å²) < 4.78 is 6.56. The summed E-state index contributed by atoms with van der Waals surface area (Å²) in [4.78, 5) is 5.18. The molecular formula is C52H37N3O. The normalized spacial score (nSPS) is 17.0. The first-order chi connectivity index (χ1) is 27.7. The summed E-state index contributed by atoms with van der Waals surface area (Å²) >= 11 is 0. The van der Waals surface area contributed by atoms with Gasteiger partial charge >= 0.3 is 0 Å². The zero-order chi connectivity index (χ0) is 37.1. The molecule has 1 atom stereocenters. The fourth-order valence-electron chi connectivity index (χ4n) is 9.05. The fourth-order valence-corrected chi connectivity index (χ4v) is 9.05. The number of dihydropyridines is 1. The van der Waals surface area contributed by atoms with E-state index in [4.69, 9.17) is 9.73 Å². The average molecular weight is 720 g/mol. The zero-order valence-electron chi connectivity index (χ0n) is 30.6. The smallest absolute Gasteiger partial charge is 0.134 e. The van der Waals surface area contributed by atoms with Crippen LogP contribution in [-0.2, 0) is 5.41 Å². The standard InChI is InChI=1S/C52H37N3O/c1-3-14-34(15-4-1)46-33-47(55-51(54-46)35-16-5-2-6-17-35)40-21-12-20-38(31-40)36-18-11-19-37(30-36)39-27-28-41-42-22-13-29-53-50(42)52(45(41)32-39)43-23-7-9-25-48(43)56-49-26-10-8-24-44(49)52/h1-28,30-33,46,53H,29H2,(H,54,55). The summed E-state index contributed by atoms with van der Waals surface area (Å²) in [6, 6.07) is 62.7. The van der Waals surface area contributed by atoms with E-state index in [0.29, 0.717) is 0 Å². The first-order valence-corrected chi connectivity index (χ1v) is 19.3. The van der Waals surface area contributed by atoms with Gasteiger partial charge in [-0.1, -0.05) is 158 Å². The van der Waals surface area contributed by atoms with Gasteiger partial charge in [-0.15, -0.1) is 0 Å². The molecule has 0 radical (unpaired) electrons. The molecule has 0 fully saturated rings. The number of aliphatic imine (C=N–C) groups is 1. The molecule has 3 aliphatic heterocycles. The van der Waals surface area contributed by atoms with Crippen LogP contribution in [0.25, 0.3) is 33.5 Å². The van der Waals surface area contributed by atoms with E-state index in [9.17, 15) is 0 Å². The second kappa shape index (κ2) is 13.0. The number of para-hydroxylation sites is 2. The molecule has 4 aliphatic rings. The Morgan fingerprint density at radius 2 is 1.12 bits per heavy atom. The van der Waals surface area contributed by atoms with Gasteiger partial charge in [-0.3, -0.25) is 0 Å². The van der Waals surface area contributed by atoms with Gasteiger partial charge in [-0.2, -0.15) is 0 Å². The van der Waals surface area contributed by atoms with E-state index in [1.165, 1.54) is 39.1 Å². The van der Waals surface area contributed by atoms with E-state index < -0.39 is 5.41 Å². The number of nitrogens with zero attached hydrogens (tertiary/aromatic N) is 1. The van der Waals surface area contributed by atoms with Crippen molar-refractivity contribution in [2.45, 2.75) is 11.5 Å². The second-order valence-electron chi connectivity index (χ2n) is 14.7. The molecular weight excluding hydrogens is 683 g/mol. The highest BCUT2D eigenvalue weighted by Gasteiger charge is 2.52. The van der Waals surface area contributed by atoms with Crippen molar-refractivity contribution in [3.63, 3.8) is 0 Å². The van der Waals surface area contributed by atoms with E-state index in [-0.39, 0.29) is 6.04 Å². The Kier molecular flexibility index (Phi) is 7.49. The maximum absolute atomic E-state index is 6.56. The van der Waals surface area contributed by atoms with Gasteiger partial charge in [0.1, 0.15) is 17.3 Å². The van der Waals surface area contributed by atoms with Gasteiger partial charge in [0.15, 0.2) is 0 Å². The fraction of sp³-hybridized carbons (Fsp3) is 0.0577. The summed E-state index contributed by atoms with van der Waals surface area (Å²) in [6.45, 7) is 0.785. The Hall–Kier alpha value is -7.17. The van der Waals surface area contributed by atoms with Crippen molar-refractivity contribution in [2.24, 2.45) is 4.99 Å². The Morgan fingerprint density at radius 3 is 1.84 bits per heavy atom. The van der Waals surface area contributed by atoms with E-state index in [1.807, 2.05) is 6.07 Å². The molecule has 0 saturated heterocycles. The van der Waals surface area contributed by atoms with Crippen LogP contribution in [0.1, 0.15) is 45.0 Å². The van der Waals surface area contributed by atoms with Crippen LogP contribution < -0.4 is 15.4 Å². The number of ether oxygens (including phenoxy) is 1. The van der Waals surface area contributed by atoms with Crippen LogP contribution in [0.2, 0.25) is 0 Å². The lowest BCUT2D eigenvalue weighted by atomic mass is 9.67. The molecule has 1 spiro atoms. The van der Waals surface area contributed by atoms with E-state index in [0.717, 1.165) is 63.0 Å². The molecule has 7 aromatic carbocycles. The van der Waals surface area contributed by atoms with Crippen LogP contribution in [-0.4, -0.2) is 12.4 Å². The first-order valence-electron chi connectivity index (χ1n) is 19.3. The summed E-state index contributed by atoms with van der Waals surface area (Å²) in [6.07, 6.45) is 6.75. The van der Waals surface area contributed by atoms with Crippen molar-refractivity contribution in [3.05, 3.63) is 239 Å². The molecule has 266 valence electrons. The Bertz CT molecular complexity index is 2770. The molecule has 7 aromatic rings. The minimum atomic E-state index is -0.526. The summed E-state index contributed by atoms with van der Waals surface area (Å²) in [5.74, 6) is 2.66. The van der Waals surface area contributed by atoms with Crippen LogP contribution in [0.4, 0.5) is 0 Å². The third kappa shape index (κ3) is 5.10. The minimum Gasteiger partial charge on any atom is -0.457 e. The summed E-state index contributed by atoms with van der Waals surface area (Å²) in [5.41, 5.74) is 15.7. The third-order valence-electron chi connectivity index (χ3n) is 11.6. The number of hydrogen-bond donors (Lipinski definition) is 2. The van der Waals surface area contributed by atoms with Gasteiger partial charge in [0.25, 0.3) is 0 Å². The number of nitrogens with one attached hydrogen (secondary N) is 2. The number of allylic oxidation sites excluding steroid dienone is 3. The largest absolute Gasteiger partial charge is 0.457 e. The van der Waals surface area contributed by atoms with Gasteiger partial charge in [0.2, 0.25) is 0 Å². The van der Waals surface area contributed by atoms with Crippen LogP contribution in [0.3, 0.4) is 0 Å². The predicted molar refractivity (Wildman–Crippen MR) is 227 cm³/mol. The number of benzene rings is 7. The quantitative estimate of drug-likeness (QED) is 0.186. The van der Waals surface area contributed by atoms with Gasteiger partial charge in [0.05, 0.1) is 17.2 Å². The summed E-state index contributed by atoms with van der Waals surface area (Å²) in [7, 11) is 0. The molecule has 2 N–H and O–H groups in total. The van der Waals surface area contributed by atoms with E-state index >= 15 is 0 Å². The second-order valence-corrected chi connectivity index (χ2v) is 14.7. The van der Waals surface area contributed by atoms with Crippen molar-refractivity contribution >= 4 is 17.1 Å². The van der Waals surface area contributed by atoms with Crippen molar-refractivity contribution < 1.29 is 4.74 Å². The van der Waals surface area contributed by atoms with Crippen molar-refractivity contribution in [2.75, 3.05) is 6.54 Å². The minimum absolute atomic E-state index is 0.00509. The summed E-state index contributed by atoms with van der Waals surface area (Å²) in [5, 5.41) is 7.52. The van der Waals surface area contributed by atoms with Crippen LogP contribution in [0, 0.1) is 0 Å². The molecule has 3 heterocycles. The lowest BCUT2D eigenvalue weighted by Gasteiger charge is -2.41. The molecule has 56 heavy (non-hydrogen) atoms. The zero-order valence-corrected chi connectivity index (χ0v) is 30.6. The first kappa shape index (κ1) is 32.3. The lowest BCUT2D eigenvalue weighted by Crippen LogP contribution is -2.39. The molecule has 1 unspecified atom stereocenters. The molecule has 4 heteroatoms. The van der Waals surface area contributed by atoms with Crippen molar-refractivity contribution in [3.8, 4) is 33.8 Å². The predicted octanol–water partition coefficient (Wildman–Crippen LogP) is 11.5. The maximum atomic E-state index is 6.56. The van der Waals surface area contributed by atoms with Crippen LogP contribution in [0.15, 0.2) is 205 Å². The molecule has 0 aromatic heterocycles. The lowest BCUT2D eigenvalue weighted by molar-refractivity contribution is 0.429. The number of rotatable bonds is 5. The monoisotopic (exact) mass is 719 g/mol. The Morgan fingerprint density at radius 1 is 0.536 bits per heavy atom. The highest BCUT2D eigenvalue weighted by molar-refractivity contribution is 6.03. The Labute approximate surface area is 326 Å². The molecule has 4 nitrogen and oxygen atoms in total.